The van der Waals surface area contributed by atoms with Gasteiger partial charge in [0.25, 0.3) is 0 Å². The van der Waals surface area contributed by atoms with Gasteiger partial charge in [-0.15, -0.1) is 11.8 Å². The van der Waals surface area contributed by atoms with Crippen LogP contribution in [0.2, 0.25) is 0 Å². The van der Waals surface area contributed by atoms with Gasteiger partial charge in [0.05, 0.1) is 0 Å². The van der Waals surface area contributed by atoms with Crippen molar-refractivity contribution in [2.75, 3.05) is 12.8 Å². The SMILES string of the molecule is CSc1ccc(-c2nc(C)c(C(C)CN)c(C)n2)cc1. The molecule has 0 saturated carbocycles. The molecule has 1 unspecified atom stereocenters. The van der Waals surface area contributed by atoms with E-state index in [1.165, 1.54) is 10.5 Å². The van der Waals surface area contributed by atoms with Crippen molar-refractivity contribution in [1.82, 2.24) is 9.97 Å². The van der Waals surface area contributed by atoms with Gasteiger partial charge < -0.3 is 5.73 Å². The minimum absolute atomic E-state index is 0.294. The van der Waals surface area contributed by atoms with Gasteiger partial charge in [-0.2, -0.15) is 0 Å². The summed E-state index contributed by atoms with van der Waals surface area (Å²) in [5.41, 5.74) is 10.1. The number of aryl methyl sites for hydroxylation is 2. The zero-order valence-corrected chi connectivity index (χ0v) is 13.3. The first-order valence-corrected chi connectivity index (χ1v) is 7.99. The number of hydrogen-bond donors (Lipinski definition) is 1. The van der Waals surface area contributed by atoms with Crippen LogP contribution in [0.25, 0.3) is 11.4 Å². The first-order chi connectivity index (χ1) is 9.56. The smallest absolute Gasteiger partial charge is 0.159 e. The van der Waals surface area contributed by atoms with Crippen LogP contribution in [-0.2, 0) is 0 Å². The summed E-state index contributed by atoms with van der Waals surface area (Å²) >= 11 is 1.73. The van der Waals surface area contributed by atoms with Crippen molar-refractivity contribution in [1.29, 1.82) is 0 Å². The molecule has 0 aliphatic rings. The van der Waals surface area contributed by atoms with E-state index >= 15 is 0 Å². The predicted molar refractivity (Wildman–Crippen MR) is 86.2 cm³/mol. The fourth-order valence-corrected chi connectivity index (χ4v) is 2.83. The zero-order valence-electron chi connectivity index (χ0n) is 12.5. The fraction of sp³-hybridized carbons (Fsp3) is 0.375. The molecule has 0 bridgehead atoms. The Morgan fingerprint density at radius 1 is 1.10 bits per heavy atom. The molecular formula is C16H21N3S. The molecule has 1 aromatic heterocycles. The van der Waals surface area contributed by atoms with Crippen LogP contribution in [0, 0.1) is 13.8 Å². The minimum Gasteiger partial charge on any atom is -0.330 e. The second-order valence-corrected chi connectivity index (χ2v) is 5.88. The van der Waals surface area contributed by atoms with Gasteiger partial charge in [0.1, 0.15) is 0 Å². The lowest BCUT2D eigenvalue weighted by Crippen LogP contribution is -2.14. The highest BCUT2D eigenvalue weighted by molar-refractivity contribution is 7.98. The van der Waals surface area contributed by atoms with E-state index in [4.69, 9.17) is 5.73 Å². The van der Waals surface area contributed by atoms with Crippen LogP contribution >= 0.6 is 11.8 Å². The second kappa shape index (κ2) is 6.37. The zero-order chi connectivity index (χ0) is 14.7. The van der Waals surface area contributed by atoms with Crippen LogP contribution < -0.4 is 5.73 Å². The third kappa shape index (κ3) is 3.02. The number of nitrogens with two attached hydrogens (primary N) is 1. The van der Waals surface area contributed by atoms with Crippen molar-refractivity contribution >= 4 is 11.8 Å². The van der Waals surface area contributed by atoms with Crippen LogP contribution in [0.4, 0.5) is 0 Å². The fourth-order valence-electron chi connectivity index (χ4n) is 2.43. The lowest BCUT2D eigenvalue weighted by molar-refractivity contribution is 0.744. The standard InChI is InChI=1S/C16H21N3S/c1-10(9-17)15-11(2)18-16(19-12(15)3)13-5-7-14(20-4)8-6-13/h5-8,10H,9,17H2,1-4H3. The van der Waals surface area contributed by atoms with Gasteiger partial charge in [0, 0.05) is 21.8 Å². The van der Waals surface area contributed by atoms with E-state index in [9.17, 15) is 0 Å². The molecule has 0 aliphatic carbocycles. The Kier molecular flexibility index (Phi) is 4.78. The third-order valence-electron chi connectivity index (χ3n) is 3.52. The molecule has 0 radical (unpaired) electrons. The average Bonchev–Trinajstić information content (AvgIpc) is 2.46. The van der Waals surface area contributed by atoms with Crippen molar-refractivity contribution in [3.8, 4) is 11.4 Å². The van der Waals surface area contributed by atoms with E-state index in [1.807, 2.05) is 13.8 Å². The summed E-state index contributed by atoms with van der Waals surface area (Å²) < 4.78 is 0. The monoisotopic (exact) mass is 287 g/mol. The Morgan fingerprint density at radius 3 is 2.10 bits per heavy atom. The van der Waals surface area contributed by atoms with Crippen LogP contribution in [0.3, 0.4) is 0 Å². The van der Waals surface area contributed by atoms with Gasteiger partial charge in [0.15, 0.2) is 5.82 Å². The van der Waals surface area contributed by atoms with Gasteiger partial charge in [0.2, 0.25) is 0 Å². The van der Waals surface area contributed by atoms with E-state index < -0.39 is 0 Å². The molecule has 0 fully saturated rings. The highest BCUT2D eigenvalue weighted by Gasteiger charge is 2.14. The summed E-state index contributed by atoms with van der Waals surface area (Å²) in [6.07, 6.45) is 2.07. The summed E-state index contributed by atoms with van der Waals surface area (Å²) in [5, 5.41) is 0. The molecule has 4 heteroatoms. The predicted octanol–water partition coefficient (Wildman–Crippen LogP) is 3.54. The first kappa shape index (κ1) is 15.0. The molecule has 1 heterocycles. The largest absolute Gasteiger partial charge is 0.330 e. The van der Waals surface area contributed by atoms with Crippen LogP contribution in [0.1, 0.15) is 29.8 Å². The van der Waals surface area contributed by atoms with Gasteiger partial charge in [-0.1, -0.05) is 19.1 Å². The Bertz CT molecular complexity index is 570. The van der Waals surface area contributed by atoms with Gasteiger partial charge >= 0.3 is 0 Å². The maximum absolute atomic E-state index is 5.77. The molecule has 0 amide bonds. The summed E-state index contributed by atoms with van der Waals surface area (Å²) in [4.78, 5) is 10.6. The molecular weight excluding hydrogens is 266 g/mol. The average molecular weight is 287 g/mol. The van der Waals surface area contributed by atoms with Gasteiger partial charge in [-0.25, -0.2) is 9.97 Å². The number of hydrogen-bond acceptors (Lipinski definition) is 4. The van der Waals surface area contributed by atoms with Crippen LogP contribution in [0.5, 0.6) is 0 Å². The number of rotatable bonds is 4. The van der Waals surface area contributed by atoms with Gasteiger partial charge in [-0.05, 0) is 50.3 Å². The van der Waals surface area contributed by atoms with Crippen molar-refractivity contribution in [3.05, 3.63) is 41.2 Å². The maximum Gasteiger partial charge on any atom is 0.159 e. The van der Waals surface area contributed by atoms with Crippen molar-refractivity contribution in [2.24, 2.45) is 5.73 Å². The molecule has 20 heavy (non-hydrogen) atoms. The summed E-state index contributed by atoms with van der Waals surface area (Å²) in [6, 6.07) is 8.35. The van der Waals surface area contributed by atoms with Gasteiger partial charge in [-0.3, -0.25) is 0 Å². The number of thioether (sulfide) groups is 1. The molecule has 3 nitrogen and oxygen atoms in total. The van der Waals surface area contributed by atoms with E-state index in [2.05, 4.69) is 47.4 Å². The van der Waals surface area contributed by atoms with Crippen LogP contribution in [0.15, 0.2) is 29.2 Å². The summed E-state index contributed by atoms with van der Waals surface area (Å²) in [6.45, 7) is 6.81. The summed E-state index contributed by atoms with van der Waals surface area (Å²) in [5.74, 6) is 1.09. The Morgan fingerprint density at radius 2 is 1.65 bits per heavy atom. The lowest BCUT2D eigenvalue weighted by Gasteiger charge is -2.15. The quantitative estimate of drug-likeness (QED) is 0.874. The minimum atomic E-state index is 0.294. The highest BCUT2D eigenvalue weighted by Crippen LogP contribution is 2.25. The Labute approximate surface area is 125 Å². The summed E-state index contributed by atoms with van der Waals surface area (Å²) in [7, 11) is 0. The third-order valence-corrected chi connectivity index (χ3v) is 4.26. The van der Waals surface area contributed by atoms with E-state index in [0.29, 0.717) is 12.5 Å². The number of nitrogens with zero attached hydrogens (tertiary/aromatic N) is 2. The van der Waals surface area contributed by atoms with E-state index in [1.54, 1.807) is 11.8 Å². The molecule has 0 aliphatic heterocycles. The molecule has 0 spiro atoms. The maximum atomic E-state index is 5.77. The molecule has 1 aromatic carbocycles. The Hall–Kier alpha value is -1.39. The molecule has 2 rings (SSSR count). The topological polar surface area (TPSA) is 51.8 Å². The normalized spacial score (nSPS) is 12.4. The van der Waals surface area contributed by atoms with Crippen molar-refractivity contribution < 1.29 is 0 Å². The molecule has 106 valence electrons. The highest BCUT2D eigenvalue weighted by atomic mass is 32.2. The molecule has 1 atom stereocenters. The number of aromatic nitrogens is 2. The van der Waals surface area contributed by atoms with Crippen LogP contribution in [-0.4, -0.2) is 22.8 Å². The number of benzene rings is 1. The van der Waals surface area contributed by atoms with Crippen molar-refractivity contribution in [3.63, 3.8) is 0 Å². The van der Waals surface area contributed by atoms with Crippen molar-refractivity contribution in [2.45, 2.75) is 31.6 Å². The lowest BCUT2D eigenvalue weighted by atomic mass is 9.98. The Balaban J connectivity index is 2.43. The second-order valence-electron chi connectivity index (χ2n) is 5.00. The molecule has 0 saturated heterocycles. The van der Waals surface area contributed by atoms with E-state index in [-0.39, 0.29) is 0 Å². The first-order valence-electron chi connectivity index (χ1n) is 6.76. The molecule has 2 aromatic rings. The van der Waals surface area contributed by atoms with E-state index in [0.717, 1.165) is 22.8 Å². The molecule has 2 N–H and O–H groups in total.